The Morgan fingerprint density at radius 3 is 1.91 bits per heavy atom. The molecule has 0 aromatic heterocycles. The number of phenols is 1. The Morgan fingerprint density at radius 1 is 0.829 bits per heavy atom. The molecule has 0 fully saturated rings. The third-order valence-electron chi connectivity index (χ3n) is 5.09. The number of hydrogen-bond acceptors (Lipinski definition) is 8. The SMILES string of the molecule is NCCCCC(NC(=O)CN)C(=O)NC(CCC(N)=O)C(=O)NC(Cc1ccc(O)cc1)C(=O)O. The summed E-state index contributed by atoms with van der Waals surface area (Å²) in [5.74, 6) is -4.14. The molecule has 0 aliphatic rings. The lowest BCUT2D eigenvalue weighted by atomic mass is 10.0. The van der Waals surface area contributed by atoms with E-state index in [9.17, 15) is 34.2 Å². The van der Waals surface area contributed by atoms with Gasteiger partial charge in [0.05, 0.1) is 6.54 Å². The molecular formula is C22H34N6O7. The van der Waals surface area contributed by atoms with Gasteiger partial charge in [-0.3, -0.25) is 19.2 Å². The molecule has 0 radical (unpaired) electrons. The van der Waals surface area contributed by atoms with Crippen LogP contribution in [0.15, 0.2) is 24.3 Å². The van der Waals surface area contributed by atoms with Crippen molar-refractivity contribution in [3.05, 3.63) is 29.8 Å². The molecule has 194 valence electrons. The van der Waals surface area contributed by atoms with Crippen LogP contribution in [0.1, 0.15) is 37.7 Å². The molecule has 1 aromatic carbocycles. The highest BCUT2D eigenvalue weighted by atomic mass is 16.4. The molecule has 0 heterocycles. The van der Waals surface area contributed by atoms with Crippen LogP contribution in [0, 0.1) is 0 Å². The van der Waals surface area contributed by atoms with Gasteiger partial charge in [-0.05, 0) is 49.9 Å². The summed E-state index contributed by atoms with van der Waals surface area (Å²) < 4.78 is 0. The summed E-state index contributed by atoms with van der Waals surface area (Å²) in [6.45, 7) is 0.0459. The molecule has 4 amide bonds. The first-order valence-electron chi connectivity index (χ1n) is 11.2. The number of unbranched alkanes of at least 4 members (excludes halogenated alkanes) is 1. The van der Waals surface area contributed by atoms with E-state index < -0.39 is 47.7 Å². The first kappa shape index (κ1) is 29.3. The minimum absolute atomic E-state index is 0.00151. The Labute approximate surface area is 202 Å². The molecule has 3 unspecified atom stereocenters. The molecule has 35 heavy (non-hydrogen) atoms. The van der Waals surface area contributed by atoms with E-state index in [0.29, 0.717) is 24.9 Å². The third-order valence-corrected chi connectivity index (χ3v) is 5.09. The maximum atomic E-state index is 12.9. The fourth-order valence-corrected chi connectivity index (χ4v) is 3.18. The van der Waals surface area contributed by atoms with E-state index in [1.165, 1.54) is 24.3 Å². The Hall–Kier alpha value is -3.71. The van der Waals surface area contributed by atoms with Gasteiger partial charge in [0.1, 0.15) is 23.9 Å². The van der Waals surface area contributed by atoms with E-state index in [1.54, 1.807) is 0 Å². The van der Waals surface area contributed by atoms with Crippen molar-refractivity contribution >= 4 is 29.6 Å². The van der Waals surface area contributed by atoms with Gasteiger partial charge in [0.15, 0.2) is 0 Å². The highest BCUT2D eigenvalue weighted by Crippen LogP contribution is 2.12. The first-order valence-corrected chi connectivity index (χ1v) is 11.2. The van der Waals surface area contributed by atoms with Gasteiger partial charge in [-0.1, -0.05) is 12.1 Å². The Morgan fingerprint density at radius 2 is 1.40 bits per heavy atom. The molecule has 0 bridgehead atoms. The van der Waals surface area contributed by atoms with Gasteiger partial charge < -0.3 is 43.4 Å². The second-order valence-corrected chi connectivity index (χ2v) is 7.94. The molecular weight excluding hydrogens is 460 g/mol. The zero-order valence-electron chi connectivity index (χ0n) is 19.4. The minimum Gasteiger partial charge on any atom is -0.508 e. The summed E-state index contributed by atoms with van der Waals surface area (Å²) in [4.78, 5) is 60.5. The van der Waals surface area contributed by atoms with Gasteiger partial charge >= 0.3 is 5.97 Å². The van der Waals surface area contributed by atoms with E-state index in [4.69, 9.17) is 17.2 Å². The van der Waals surface area contributed by atoms with E-state index in [0.717, 1.165) is 0 Å². The van der Waals surface area contributed by atoms with Crippen LogP contribution in [0.5, 0.6) is 5.75 Å². The smallest absolute Gasteiger partial charge is 0.326 e. The zero-order chi connectivity index (χ0) is 26.4. The van der Waals surface area contributed by atoms with E-state index in [-0.39, 0.29) is 38.0 Å². The van der Waals surface area contributed by atoms with E-state index in [2.05, 4.69) is 16.0 Å². The number of carbonyl (C=O) groups is 5. The van der Waals surface area contributed by atoms with Gasteiger partial charge in [-0.15, -0.1) is 0 Å². The van der Waals surface area contributed by atoms with Crippen molar-refractivity contribution in [1.82, 2.24) is 16.0 Å². The molecule has 13 nitrogen and oxygen atoms in total. The van der Waals surface area contributed by atoms with Gasteiger partial charge in [-0.25, -0.2) is 4.79 Å². The summed E-state index contributed by atoms with van der Waals surface area (Å²) in [7, 11) is 0. The molecule has 0 saturated carbocycles. The summed E-state index contributed by atoms with van der Waals surface area (Å²) in [6.07, 6.45) is 0.834. The molecule has 0 saturated heterocycles. The van der Waals surface area contributed by atoms with Crippen LogP contribution in [0.2, 0.25) is 0 Å². The number of amides is 4. The lowest BCUT2D eigenvalue weighted by Gasteiger charge is -2.24. The van der Waals surface area contributed by atoms with Gasteiger partial charge in [0.2, 0.25) is 23.6 Å². The molecule has 0 aliphatic heterocycles. The Bertz CT molecular complexity index is 878. The molecule has 0 spiro atoms. The summed E-state index contributed by atoms with van der Waals surface area (Å²) in [5.41, 5.74) is 16.5. The first-order chi connectivity index (χ1) is 16.6. The molecule has 13 heteroatoms. The monoisotopic (exact) mass is 494 g/mol. The average Bonchev–Trinajstić information content (AvgIpc) is 2.81. The van der Waals surface area contributed by atoms with Crippen molar-refractivity contribution in [3.8, 4) is 5.75 Å². The van der Waals surface area contributed by atoms with Gasteiger partial charge in [-0.2, -0.15) is 0 Å². The van der Waals surface area contributed by atoms with Crippen LogP contribution < -0.4 is 33.2 Å². The quantitative estimate of drug-likeness (QED) is 0.116. The summed E-state index contributed by atoms with van der Waals surface area (Å²) >= 11 is 0. The fourth-order valence-electron chi connectivity index (χ4n) is 3.18. The normalized spacial score (nSPS) is 13.2. The number of carboxylic acid groups (broad SMARTS) is 1. The topological polar surface area (TPSA) is 240 Å². The third kappa shape index (κ3) is 11.3. The summed E-state index contributed by atoms with van der Waals surface area (Å²) in [6, 6.07) is 2.14. The molecule has 1 rings (SSSR count). The van der Waals surface area contributed by atoms with Crippen LogP contribution in [0.25, 0.3) is 0 Å². The summed E-state index contributed by atoms with van der Waals surface area (Å²) in [5, 5.41) is 26.3. The Balaban J connectivity index is 2.98. The van der Waals surface area contributed by atoms with Gasteiger partial charge in [0, 0.05) is 12.8 Å². The number of hydrogen-bond donors (Lipinski definition) is 8. The maximum absolute atomic E-state index is 12.9. The van der Waals surface area contributed by atoms with Crippen LogP contribution in [-0.2, 0) is 30.4 Å². The Kier molecular flexibility index (Phi) is 12.8. The van der Waals surface area contributed by atoms with Crippen molar-refractivity contribution in [2.24, 2.45) is 17.2 Å². The number of benzene rings is 1. The van der Waals surface area contributed by atoms with Gasteiger partial charge in [0.25, 0.3) is 0 Å². The number of carbonyl (C=O) groups excluding carboxylic acids is 4. The number of phenolic OH excluding ortho intramolecular Hbond substituents is 1. The zero-order valence-corrected chi connectivity index (χ0v) is 19.4. The van der Waals surface area contributed by atoms with Crippen molar-refractivity contribution in [1.29, 1.82) is 0 Å². The van der Waals surface area contributed by atoms with E-state index >= 15 is 0 Å². The van der Waals surface area contributed by atoms with Crippen molar-refractivity contribution in [2.45, 2.75) is 56.7 Å². The number of aliphatic carboxylic acids is 1. The van der Waals surface area contributed by atoms with Crippen molar-refractivity contribution in [2.75, 3.05) is 13.1 Å². The number of aromatic hydroxyl groups is 1. The average molecular weight is 495 g/mol. The standard InChI is InChI=1S/C22H34N6O7/c23-10-2-1-3-15(26-19(31)12-24)20(32)27-16(8-9-18(25)30)21(33)28-17(22(34)35)11-13-4-6-14(29)7-5-13/h4-7,15-17,29H,1-3,8-12,23-24H2,(H2,25,30)(H,26,31)(H,27,32)(H,28,33)(H,34,35). The van der Waals surface area contributed by atoms with Crippen LogP contribution in [0.3, 0.4) is 0 Å². The fraction of sp³-hybridized carbons (Fsp3) is 0.500. The number of carboxylic acids is 1. The number of nitrogens with two attached hydrogens (primary N) is 3. The van der Waals surface area contributed by atoms with Crippen LogP contribution >= 0.6 is 0 Å². The molecule has 11 N–H and O–H groups in total. The predicted molar refractivity (Wildman–Crippen MR) is 126 cm³/mol. The van der Waals surface area contributed by atoms with Crippen LogP contribution in [0.4, 0.5) is 0 Å². The second kappa shape index (κ2) is 15.2. The predicted octanol–water partition coefficient (Wildman–Crippen LogP) is -2.17. The molecule has 3 atom stereocenters. The lowest BCUT2D eigenvalue weighted by molar-refractivity contribution is -0.142. The van der Waals surface area contributed by atoms with Crippen LogP contribution in [-0.4, -0.2) is 71.0 Å². The van der Waals surface area contributed by atoms with E-state index in [1.807, 2.05) is 0 Å². The van der Waals surface area contributed by atoms with Crippen molar-refractivity contribution in [3.63, 3.8) is 0 Å². The second-order valence-electron chi connectivity index (χ2n) is 7.94. The minimum atomic E-state index is -1.35. The number of nitrogens with one attached hydrogen (secondary N) is 3. The maximum Gasteiger partial charge on any atom is 0.326 e. The number of primary amides is 1. The lowest BCUT2D eigenvalue weighted by Crippen LogP contribution is -2.56. The molecule has 1 aromatic rings. The highest BCUT2D eigenvalue weighted by Gasteiger charge is 2.29. The number of rotatable bonds is 16. The van der Waals surface area contributed by atoms with Crippen molar-refractivity contribution < 1.29 is 34.2 Å². The molecule has 0 aliphatic carbocycles. The highest BCUT2D eigenvalue weighted by molar-refractivity contribution is 5.93. The largest absolute Gasteiger partial charge is 0.508 e.